The SMILES string of the molecule is CCCCCCCCCCCCCCCCc1ccc(OC(=O)Oc2ccccc2C(=O)OCC)cc1. The first-order chi connectivity index (χ1) is 18.1. The number of hydrogen-bond donors (Lipinski definition) is 0. The van der Waals surface area contributed by atoms with Crippen molar-refractivity contribution in [3.05, 3.63) is 59.7 Å². The maximum absolute atomic E-state index is 12.2. The lowest BCUT2D eigenvalue weighted by atomic mass is 10.0. The van der Waals surface area contributed by atoms with E-state index in [9.17, 15) is 9.59 Å². The summed E-state index contributed by atoms with van der Waals surface area (Å²) < 4.78 is 15.5. The van der Waals surface area contributed by atoms with Gasteiger partial charge in [0.15, 0.2) is 0 Å². The molecule has 0 unspecified atom stereocenters. The Bertz CT molecular complexity index is 890. The van der Waals surface area contributed by atoms with E-state index in [4.69, 9.17) is 14.2 Å². The molecule has 0 aliphatic carbocycles. The third kappa shape index (κ3) is 13.3. The molecule has 204 valence electrons. The smallest absolute Gasteiger partial charge is 0.462 e. The Morgan fingerprint density at radius 3 is 1.73 bits per heavy atom. The third-order valence-electron chi connectivity index (χ3n) is 6.52. The Morgan fingerprint density at radius 1 is 0.622 bits per heavy atom. The van der Waals surface area contributed by atoms with Crippen molar-refractivity contribution in [3.8, 4) is 11.5 Å². The highest BCUT2D eigenvalue weighted by Gasteiger charge is 2.17. The van der Waals surface area contributed by atoms with E-state index in [1.54, 1.807) is 37.3 Å². The maximum atomic E-state index is 12.2. The largest absolute Gasteiger partial charge is 0.519 e. The van der Waals surface area contributed by atoms with Gasteiger partial charge >= 0.3 is 12.1 Å². The van der Waals surface area contributed by atoms with Crippen LogP contribution in [-0.2, 0) is 11.2 Å². The quantitative estimate of drug-likeness (QED) is 0.107. The topological polar surface area (TPSA) is 61.8 Å². The molecule has 37 heavy (non-hydrogen) atoms. The van der Waals surface area contributed by atoms with Crippen LogP contribution in [0.2, 0.25) is 0 Å². The van der Waals surface area contributed by atoms with Gasteiger partial charge in [0, 0.05) is 0 Å². The van der Waals surface area contributed by atoms with Crippen LogP contribution in [0.25, 0.3) is 0 Å². The molecule has 2 rings (SSSR count). The molecule has 0 spiro atoms. The van der Waals surface area contributed by atoms with Crippen molar-refractivity contribution in [1.82, 2.24) is 0 Å². The second-order valence-corrected chi connectivity index (χ2v) is 9.66. The number of carbonyl (C=O) groups is 2. The van der Waals surface area contributed by atoms with Crippen molar-refractivity contribution in [3.63, 3.8) is 0 Å². The summed E-state index contributed by atoms with van der Waals surface area (Å²) in [6.07, 6.45) is 19.1. The molecule has 2 aromatic carbocycles. The highest BCUT2D eigenvalue weighted by atomic mass is 16.7. The van der Waals surface area contributed by atoms with Crippen molar-refractivity contribution < 1.29 is 23.8 Å². The van der Waals surface area contributed by atoms with Gasteiger partial charge in [-0.3, -0.25) is 0 Å². The molecule has 0 heterocycles. The van der Waals surface area contributed by atoms with E-state index in [2.05, 4.69) is 6.92 Å². The van der Waals surface area contributed by atoms with Gasteiger partial charge < -0.3 is 14.2 Å². The van der Waals surface area contributed by atoms with Crippen molar-refractivity contribution in [2.45, 2.75) is 110 Å². The molecule has 0 fully saturated rings. The van der Waals surface area contributed by atoms with E-state index in [0.717, 1.165) is 6.42 Å². The first kappa shape index (κ1) is 30.4. The third-order valence-corrected chi connectivity index (χ3v) is 6.52. The van der Waals surface area contributed by atoms with Crippen LogP contribution in [0.15, 0.2) is 48.5 Å². The van der Waals surface area contributed by atoms with E-state index >= 15 is 0 Å². The van der Waals surface area contributed by atoms with E-state index in [1.807, 2.05) is 12.1 Å². The summed E-state index contributed by atoms with van der Waals surface area (Å²) in [5.41, 5.74) is 1.41. The molecule has 0 saturated heterocycles. The number of ether oxygens (including phenoxy) is 3. The Morgan fingerprint density at radius 2 is 1.16 bits per heavy atom. The number of benzene rings is 2. The zero-order chi connectivity index (χ0) is 26.6. The highest BCUT2D eigenvalue weighted by molar-refractivity contribution is 5.93. The summed E-state index contributed by atoms with van der Waals surface area (Å²) in [6.45, 7) is 4.23. The lowest BCUT2D eigenvalue weighted by molar-refractivity contribution is 0.0522. The summed E-state index contributed by atoms with van der Waals surface area (Å²) in [4.78, 5) is 24.3. The normalized spacial score (nSPS) is 10.8. The van der Waals surface area contributed by atoms with Crippen LogP contribution in [0.4, 0.5) is 4.79 Å². The molecule has 0 aliphatic heterocycles. The fraction of sp³-hybridized carbons (Fsp3) is 0.562. The average molecular weight is 511 g/mol. The van der Waals surface area contributed by atoms with Crippen LogP contribution in [0.5, 0.6) is 11.5 Å². The Hall–Kier alpha value is -2.82. The standard InChI is InChI=1S/C32H46O5/c1-3-5-6-7-8-9-10-11-12-13-14-15-16-17-20-27-23-25-28(26-24-27)36-32(34)37-30-22-19-18-21-29(30)31(33)35-4-2/h18-19,21-26H,3-17,20H2,1-2H3. The van der Waals surface area contributed by atoms with Gasteiger partial charge in [0.05, 0.1) is 6.61 Å². The van der Waals surface area contributed by atoms with Crippen molar-refractivity contribution in [2.24, 2.45) is 0 Å². The highest BCUT2D eigenvalue weighted by Crippen LogP contribution is 2.21. The minimum Gasteiger partial charge on any atom is -0.462 e. The fourth-order valence-electron chi connectivity index (χ4n) is 4.39. The van der Waals surface area contributed by atoms with Crippen LogP contribution in [0.3, 0.4) is 0 Å². The second kappa shape index (κ2) is 19.3. The Labute approximate surface area is 223 Å². The number of para-hydroxylation sites is 1. The molecule has 0 saturated carbocycles. The molecule has 2 aromatic rings. The first-order valence-electron chi connectivity index (χ1n) is 14.4. The summed E-state index contributed by atoms with van der Waals surface area (Å²) in [7, 11) is 0. The van der Waals surface area contributed by atoms with Gasteiger partial charge in [-0.25, -0.2) is 9.59 Å². The molecule has 0 bridgehead atoms. The molecule has 0 radical (unpaired) electrons. The van der Waals surface area contributed by atoms with Crippen LogP contribution >= 0.6 is 0 Å². The number of hydrogen-bond acceptors (Lipinski definition) is 5. The lowest BCUT2D eigenvalue weighted by Gasteiger charge is -2.10. The van der Waals surface area contributed by atoms with Crippen LogP contribution in [0, 0.1) is 0 Å². The van der Waals surface area contributed by atoms with Crippen LogP contribution in [-0.4, -0.2) is 18.7 Å². The van der Waals surface area contributed by atoms with E-state index in [1.165, 1.54) is 102 Å². The van der Waals surface area contributed by atoms with E-state index in [-0.39, 0.29) is 17.9 Å². The first-order valence-corrected chi connectivity index (χ1v) is 14.4. The molecule has 0 aliphatic rings. The van der Waals surface area contributed by atoms with Gasteiger partial charge in [0.25, 0.3) is 0 Å². The van der Waals surface area contributed by atoms with Gasteiger partial charge in [-0.15, -0.1) is 0 Å². The van der Waals surface area contributed by atoms with Gasteiger partial charge in [0.1, 0.15) is 17.1 Å². The molecule has 0 atom stereocenters. The second-order valence-electron chi connectivity index (χ2n) is 9.66. The van der Waals surface area contributed by atoms with E-state index in [0.29, 0.717) is 5.75 Å². The number of carbonyl (C=O) groups excluding carboxylic acids is 2. The lowest BCUT2D eigenvalue weighted by Crippen LogP contribution is -2.16. The van der Waals surface area contributed by atoms with Gasteiger partial charge in [-0.05, 0) is 49.6 Å². The number of unbranched alkanes of at least 4 members (excludes halogenated alkanes) is 13. The number of esters is 1. The van der Waals surface area contributed by atoms with Crippen molar-refractivity contribution in [2.75, 3.05) is 6.61 Å². The predicted octanol–water partition coefficient (Wildman–Crippen LogP) is 9.46. The van der Waals surface area contributed by atoms with Gasteiger partial charge in [0.2, 0.25) is 0 Å². The monoisotopic (exact) mass is 510 g/mol. The fourth-order valence-corrected chi connectivity index (χ4v) is 4.39. The minimum absolute atomic E-state index is 0.111. The summed E-state index contributed by atoms with van der Waals surface area (Å²) in [6, 6.07) is 14.0. The van der Waals surface area contributed by atoms with Gasteiger partial charge in [-0.2, -0.15) is 0 Å². The molecule has 0 amide bonds. The molecule has 5 nitrogen and oxygen atoms in total. The zero-order valence-electron chi connectivity index (χ0n) is 23.0. The van der Waals surface area contributed by atoms with E-state index < -0.39 is 12.1 Å². The summed E-state index contributed by atoms with van der Waals surface area (Å²) in [5, 5.41) is 0. The molecule has 0 aromatic heterocycles. The molecular weight excluding hydrogens is 464 g/mol. The van der Waals surface area contributed by atoms with Gasteiger partial charge in [-0.1, -0.05) is 115 Å². The van der Waals surface area contributed by atoms with Crippen LogP contribution in [0.1, 0.15) is 120 Å². The van der Waals surface area contributed by atoms with Crippen LogP contribution < -0.4 is 9.47 Å². The minimum atomic E-state index is -0.892. The summed E-state index contributed by atoms with van der Waals surface area (Å²) in [5.74, 6) is -0.0255. The zero-order valence-corrected chi connectivity index (χ0v) is 23.0. The number of rotatable bonds is 19. The molecular formula is C32H46O5. The predicted molar refractivity (Wildman–Crippen MR) is 150 cm³/mol. The Kier molecular flexibility index (Phi) is 15.9. The van der Waals surface area contributed by atoms with Crippen molar-refractivity contribution >= 4 is 12.1 Å². The summed E-state index contributed by atoms with van der Waals surface area (Å²) >= 11 is 0. The molecule has 5 heteroatoms. The maximum Gasteiger partial charge on any atom is 0.519 e. The number of aryl methyl sites for hydroxylation is 1. The molecule has 0 N–H and O–H groups in total. The van der Waals surface area contributed by atoms with Crippen molar-refractivity contribution in [1.29, 1.82) is 0 Å². The Balaban J connectivity index is 1.56. The average Bonchev–Trinajstić information content (AvgIpc) is 2.90.